The van der Waals surface area contributed by atoms with Gasteiger partial charge in [-0.05, 0) is 18.1 Å². The van der Waals surface area contributed by atoms with Crippen molar-refractivity contribution < 1.29 is 29.8 Å². The Bertz CT molecular complexity index is 405. The van der Waals surface area contributed by atoms with Crippen LogP contribution in [0.2, 0.25) is 0 Å². The van der Waals surface area contributed by atoms with Crippen molar-refractivity contribution in [2.24, 2.45) is 0 Å². The summed E-state index contributed by atoms with van der Waals surface area (Å²) in [7, 11) is 0. The molecule has 0 unspecified atom stereocenters. The normalized spacial score (nSPS) is 9.87. The predicted octanol–water partition coefficient (Wildman–Crippen LogP) is 2.11. The number of hydroxylamine groups is 1. The van der Waals surface area contributed by atoms with Gasteiger partial charge in [0, 0.05) is 23.6 Å². The molecule has 2 aromatic rings. The van der Waals surface area contributed by atoms with E-state index in [2.05, 4.69) is 16.5 Å². The molecule has 0 amide bonds. The van der Waals surface area contributed by atoms with Crippen LogP contribution in [0.25, 0.3) is 10.9 Å². The molecule has 0 fully saturated rings. The molecule has 1 heterocycles. The van der Waals surface area contributed by atoms with Crippen LogP contribution >= 0.6 is 0 Å². The first kappa shape index (κ1) is 12.4. The van der Waals surface area contributed by atoms with Crippen molar-refractivity contribution >= 4 is 10.9 Å². The van der Waals surface area contributed by atoms with Gasteiger partial charge >= 0.3 is 24.6 Å². The van der Waals surface area contributed by atoms with Crippen LogP contribution in [-0.4, -0.2) is 16.7 Å². The number of benzene rings is 1. The van der Waals surface area contributed by atoms with Crippen molar-refractivity contribution in [2.75, 3.05) is 6.54 Å². The predicted molar refractivity (Wildman–Crippen MR) is 52.9 cm³/mol. The monoisotopic (exact) mass is 392 g/mol. The molecule has 0 radical (unpaired) electrons. The first-order valence-corrected chi connectivity index (χ1v) is 5.27. The SMILES string of the molecule is ONCCc1c[nH]c2ccccc12.[F][Au]. The zero-order valence-corrected chi connectivity index (χ0v) is 10.1. The van der Waals surface area contributed by atoms with Gasteiger partial charge in [0.1, 0.15) is 0 Å². The van der Waals surface area contributed by atoms with Gasteiger partial charge in [-0.3, -0.25) is 0 Å². The number of aromatic amines is 1. The van der Waals surface area contributed by atoms with Crippen molar-refractivity contribution in [3.8, 4) is 0 Å². The number of rotatable bonds is 3. The van der Waals surface area contributed by atoms with Gasteiger partial charge in [0.2, 0.25) is 0 Å². The molecule has 15 heavy (non-hydrogen) atoms. The first-order valence-electron chi connectivity index (χ1n) is 4.45. The summed E-state index contributed by atoms with van der Waals surface area (Å²) in [5.74, 6) is 0. The van der Waals surface area contributed by atoms with Crippen LogP contribution < -0.4 is 5.48 Å². The number of para-hydroxylation sites is 1. The molecule has 3 nitrogen and oxygen atoms in total. The van der Waals surface area contributed by atoms with E-state index in [9.17, 15) is 3.02 Å². The van der Waals surface area contributed by atoms with Crippen LogP contribution in [0.15, 0.2) is 30.5 Å². The van der Waals surface area contributed by atoms with Crippen molar-refractivity contribution in [1.82, 2.24) is 10.5 Å². The molecule has 5 heteroatoms. The number of halogens is 1. The summed E-state index contributed by atoms with van der Waals surface area (Å²) in [5.41, 5.74) is 4.54. The minimum absolute atomic E-state index is 0.585. The maximum absolute atomic E-state index is 9.44. The van der Waals surface area contributed by atoms with Gasteiger partial charge in [0.05, 0.1) is 0 Å². The fourth-order valence-electron chi connectivity index (χ4n) is 1.53. The molecule has 1 aromatic carbocycles. The van der Waals surface area contributed by atoms with Gasteiger partial charge in [-0.1, -0.05) is 18.2 Å². The van der Waals surface area contributed by atoms with Crippen molar-refractivity contribution in [3.63, 3.8) is 0 Å². The van der Waals surface area contributed by atoms with Gasteiger partial charge in [-0.15, -0.1) is 0 Å². The van der Waals surface area contributed by atoms with Gasteiger partial charge < -0.3 is 10.2 Å². The third kappa shape index (κ3) is 3.15. The van der Waals surface area contributed by atoms with Crippen molar-refractivity contribution in [3.05, 3.63) is 36.0 Å². The second kappa shape index (κ2) is 6.76. The molecule has 86 valence electrons. The second-order valence-corrected chi connectivity index (χ2v) is 3.02. The number of hydrogen-bond acceptors (Lipinski definition) is 2. The molecule has 0 saturated carbocycles. The summed E-state index contributed by atoms with van der Waals surface area (Å²) >= 11 is 0.778. The molecule has 2 rings (SSSR count). The van der Waals surface area contributed by atoms with E-state index in [0.29, 0.717) is 6.54 Å². The average Bonchev–Trinajstić information content (AvgIpc) is 2.72. The van der Waals surface area contributed by atoms with Crippen molar-refractivity contribution in [2.45, 2.75) is 6.42 Å². The summed E-state index contributed by atoms with van der Waals surface area (Å²) < 4.78 is 9.44. The van der Waals surface area contributed by atoms with Crippen LogP contribution in [-0.2, 0) is 28.0 Å². The molecule has 0 spiro atoms. The Balaban J connectivity index is 0.000000531. The summed E-state index contributed by atoms with van der Waals surface area (Å²) in [6.45, 7) is 0.585. The zero-order chi connectivity index (χ0) is 11.1. The topological polar surface area (TPSA) is 48.0 Å². The number of aromatic nitrogens is 1. The Kier molecular flexibility index (Phi) is 5.60. The minimum atomic E-state index is 0.585. The molecule has 1 aromatic heterocycles. The Morgan fingerprint density at radius 3 is 2.80 bits per heavy atom. The van der Waals surface area contributed by atoms with E-state index in [1.807, 2.05) is 24.4 Å². The number of fused-ring (bicyclic) bond motifs is 1. The molecule has 3 N–H and O–H groups in total. The molecular weight excluding hydrogens is 380 g/mol. The second-order valence-electron chi connectivity index (χ2n) is 3.02. The number of H-pyrrole nitrogens is 1. The van der Waals surface area contributed by atoms with Gasteiger partial charge in [0.25, 0.3) is 0 Å². The van der Waals surface area contributed by atoms with Crippen LogP contribution in [0.1, 0.15) is 5.56 Å². The number of hydrogen-bond donors (Lipinski definition) is 3. The summed E-state index contributed by atoms with van der Waals surface area (Å²) in [4.78, 5) is 3.19. The fourth-order valence-corrected chi connectivity index (χ4v) is 1.53. The van der Waals surface area contributed by atoms with Crippen LogP contribution in [0, 0.1) is 0 Å². The van der Waals surface area contributed by atoms with Crippen LogP contribution in [0.3, 0.4) is 0 Å². The zero-order valence-electron chi connectivity index (χ0n) is 7.93. The Labute approximate surface area is 100 Å². The van der Waals surface area contributed by atoms with E-state index < -0.39 is 0 Å². The molecule has 0 atom stereocenters. The van der Waals surface area contributed by atoms with E-state index in [1.165, 1.54) is 10.9 Å². The summed E-state index contributed by atoms with van der Waals surface area (Å²) in [5, 5.41) is 9.71. The quantitative estimate of drug-likeness (QED) is 0.554. The van der Waals surface area contributed by atoms with Crippen molar-refractivity contribution in [1.29, 1.82) is 0 Å². The Hall–Kier alpha value is -0.650. The van der Waals surface area contributed by atoms with Crippen LogP contribution in [0.4, 0.5) is 3.02 Å². The molecule has 0 bridgehead atoms. The fraction of sp³-hybridized carbons (Fsp3) is 0.200. The molecular formula is C10H12AuFN2O. The maximum atomic E-state index is 9.44. The van der Waals surface area contributed by atoms with Crippen LogP contribution in [0.5, 0.6) is 0 Å². The van der Waals surface area contributed by atoms with E-state index in [0.717, 1.165) is 33.6 Å². The average molecular weight is 392 g/mol. The van der Waals surface area contributed by atoms with E-state index in [1.54, 1.807) is 0 Å². The molecule has 0 aliphatic heterocycles. The van der Waals surface area contributed by atoms with Gasteiger partial charge in [0.15, 0.2) is 0 Å². The Morgan fingerprint density at radius 1 is 1.33 bits per heavy atom. The third-order valence-electron chi connectivity index (χ3n) is 2.18. The molecule has 0 saturated heterocycles. The molecule has 0 aliphatic rings. The van der Waals surface area contributed by atoms with Gasteiger partial charge in [-0.2, -0.15) is 0 Å². The van der Waals surface area contributed by atoms with E-state index in [-0.39, 0.29) is 0 Å². The Morgan fingerprint density at radius 2 is 2.07 bits per heavy atom. The third-order valence-corrected chi connectivity index (χ3v) is 2.18. The first-order chi connectivity index (χ1) is 7.42. The standard InChI is InChI=1S/C10H12N2O.Au.FH/c13-12-6-5-8-7-11-10-4-2-1-3-9(8)10;;/h1-4,7,11-13H,5-6H2;;1H/q;+1;/p-1. The summed E-state index contributed by atoms with van der Waals surface area (Å²) in [6.07, 6.45) is 2.82. The van der Waals surface area contributed by atoms with E-state index in [4.69, 9.17) is 5.21 Å². The summed E-state index contributed by atoms with van der Waals surface area (Å²) in [6, 6.07) is 8.16. The number of nitrogens with one attached hydrogen (secondary N) is 2. The van der Waals surface area contributed by atoms with Gasteiger partial charge in [-0.25, -0.2) is 5.48 Å². The molecule has 0 aliphatic carbocycles. The van der Waals surface area contributed by atoms with E-state index >= 15 is 0 Å².